The molecule has 0 unspecified atom stereocenters. The lowest BCUT2D eigenvalue weighted by Crippen LogP contribution is -2.46. The van der Waals surface area contributed by atoms with Crippen LogP contribution in [0.25, 0.3) is 0 Å². The van der Waals surface area contributed by atoms with E-state index < -0.39 is 0 Å². The molecule has 2 heterocycles. The summed E-state index contributed by atoms with van der Waals surface area (Å²) in [5, 5.41) is 3.28. The molecule has 1 aliphatic rings. The molecule has 3 rings (SSSR count). The summed E-state index contributed by atoms with van der Waals surface area (Å²) in [5.74, 6) is -0.247. The van der Waals surface area contributed by atoms with Gasteiger partial charge in [0.2, 0.25) is 0 Å². The van der Waals surface area contributed by atoms with Crippen LogP contribution in [0, 0.1) is 12.7 Å². The Balaban J connectivity index is 1.97. The SMILES string of the molecule is Cc1ccc(N(C(=O)c2ccco2)C2CCNCC2)cc1F. The number of benzene rings is 1. The van der Waals surface area contributed by atoms with E-state index in [1.807, 2.05) is 0 Å². The van der Waals surface area contributed by atoms with Crippen molar-refractivity contribution in [1.82, 2.24) is 5.32 Å². The van der Waals surface area contributed by atoms with Gasteiger partial charge in [0, 0.05) is 11.7 Å². The molecule has 0 saturated carbocycles. The maximum absolute atomic E-state index is 13.9. The number of amides is 1. The first kappa shape index (κ1) is 14.8. The average Bonchev–Trinajstić information content (AvgIpc) is 3.06. The van der Waals surface area contributed by atoms with Crippen molar-refractivity contribution in [2.24, 2.45) is 0 Å². The van der Waals surface area contributed by atoms with Gasteiger partial charge in [-0.2, -0.15) is 0 Å². The van der Waals surface area contributed by atoms with Crippen molar-refractivity contribution < 1.29 is 13.6 Å². The molecule has 1 amide bonds. The summed E-state index contributed by atoms with van der Waals surface area (Å²) in [7, 11) is 0. The van der Waals surface area contributed by atoms with Crippen LogP contribution < -0.4 is 10.2 Å². The standard InChI is InChI=1S/C17H19FN2O2/c1-12-4-5-14(11-15(12)18)20(13-6-8-19-9-7-13)17(21)16-3-2-10-22-16/h2-5,10-11,13,19H,6-9H2,1H3. The molecule has 1 aliphatic heterocycles. The van der Waals surface area contributed by atoms with E-state index in [1.165, 1.54) is 12.3 Å². The molecule has 1 fully saturated rings. The second kappa shape index (κ2) is 6.32. The summed E-state index contributed by atoms with van der Waals surface area (Å²) in [6.07, 6.45) is 3.15. The number of rotatable bonds is 3. The predicted octanol–water partition coefficient (Wildman–Crippen LogP) is 3.13. The van der Waals surface area contributed by atoms with Gasteiger partial charge in [-0.1, -0.05) is 6.07 Å². The Bertz CT molecular complexity index is 649. The van der Waals surface area contributed by atoms with E-state index in [0.717, 1.165) is 25.9 Å². The molecule has 0 bridgehead atoms. The molecule has 1 saturated heterocycles. The molecule has 0 radical (unpaired) electrons. The largest absolute Gasteiger partial charge is 0.459 e. The second-order valence-corrected chi connectivity index (χ2v) is 5.57. The molecule has 0 atom stereocenters. The summed E-state index contributed by atoms with van der Waals surface area (Å²) in [5.41, 5.74) is 1.15. The third-order valence-corrected chi connectivity index (χ3v) is 4.06. The van der Waals surface area contributed by atoms with Gasteiger partial charge in [0.05, 0.1) is 6.26 Å². The van der Waals surface area contributed by atoms with E-state index >= 15 is 0 Å². The third kappa shape index (κ3) is 2.90. The molecule has 1 aromatic heterocycles. The summed E-state index contributed by atoms with van der Waals surface area (Å²) in [6.45, 7) is 3.41. The predicted molar refractivity (Wildman–Crippen MR) is 82.5 cm³/mol. The first-order valence-electron chi connectivity index (χ1n) is 7.51. The maximum Gasteiger partial charge on any atom is 0.294 e. The topological polar surface area (TPSA) is 45.5 Å². The van der Waals surface area contributed by atoms with Gasteiger partial charge >= 0.3 is 0 Å². The van der Waals surface area contributed by atoms with Gasteiger partial charge in [0.25, 0.3) is 5.91 Å². The average molecular weight is 302 g/mol. The zero-order valence-electron chi connectivity index (χ0n) is 12.5. The molecular formula is C17H19FN2O2. The van der Waals surface area contributed by atoms with Crippen molar-refractivity contribution in [3.8, 4) is 0 Å². The number of aryl methyl sites for hydroxylation is 1. The Labute approximate surface area is 128 Å². The Morgan fingerprint density at radius 2 is 2.09 bits per heavy atom. The molecular weight excluding hydrogens is 283 g/mol. The van der Waals surface area contributed by atoms with E-state index in [9.17, 15) is 9.18 Å². The van der Waals surface area contributed by atoms with Crippen molar-refractivity contribution in [2.75, 3.05) is 18.0 Å². The number of nitrogens with zero attached hydrogens (tertiary/aromatic N) is 1. The van der Waals surface area contributed by atoms with Crippen LogP contribution in [0.3, 0.4) is 0 Å². The Morgan fingerprint density at radius 1 is 1.32 bits per heavy atom. The van der Waals surface area contributed by atoms with Crippen molar-refractivity contribution in [3.05, 3.63) is 53.7 Å². The highest BCUT2D eigenvalue weighted by Crippen LogP contribution is 2.26. The Kier molecular flexibility index (Phi) is 4.24. The van der Waals surface area contributed by atoms with Gasteiger partial charge in [-0.25, -0.2) is 4.39 Å². The second-order valence-electron chi connectivity index (χ2n) is 5.57. The fourth-order valence-electron chi connectivity index (χ4n) is 2.81. The molecule has 116 valence electrons. The van der Waals surface area contributed by atoms with E-state index in [1.54, 1.807) is 36.1 Å². The number of hydrogen-bond acceptors (Lipinski definition) is 3. The van der Waals surface area contributed by atoms with E-state index in [-0.39, 0.29) is 23.5 Å². The van der Waals surface area contributed by atoms with Crippen molar-refractivity contribution in [1.29, 1.82) is 0 Å². The fourth-order valence-corrected chi connectivity index (χ4v) is 2.81. The van der Waals surface area contributed by atoms with Crippen molar-refractivity contribution in [2.45, 2.75) is 25.8 Å². The monoisotopic (exact) mass is 302 g/mol. The molecule has 2 aromatic rings. The van der Waals surface area contributed by atoms with Crippen molar-refractivity contribution >= 4 is 11.6 Å². The number of hydrogen-bond donors (Lipinski definition) is 1. The van der Waals surface area contributed by atoms with Crippen LogP contribution in [-0.4, -0.2) is 25.0 Å². The van der Waals surface area contributed by atoms with Crippen LogP contribution in [0.5, 0.6) is 0 Å². The Morgan fingerprint density at radius 3 is 2.73 bits per heavy atom. The molecule has 5 heteroatoms. The van der Waals surface area contributed by atoms with Crippen LogP contribution in [0.1, 0.15) is 29.0 Å². The zero-order chi connectivity index (χ0) is 15.5. The van der Waals surface area contributed by atoms with Crippen LogP contribution >= 0.6 is 0 Å². The van der Waals surface area contributed by atoms with Crippen molar-refractivity contribution in [3.63, 3.8) is 0 Å². The Hall–Kier alpha value is -2.14. The normalized spacial score (nSPS) is 15.7. The van der Waals surface area contributed by atoms with Gasteiger partial charge < -0.3 is 14.6 Å². The van der Waals surface area contributed by atoms with Crippen LogP contribution in [0.15, 0.2) is 41.0 Å². The highest BCUT2D eigenvalue weighted by molar-refractivity contribution is 6.04. The first-order chi connectivity index (χ1) is 10.7. The van der Waals surface area contributed by atoms with E-state index in [2.05, 4.69) is 5.32 Å². The van der Waals surface area contributed by atoms with Gasteiger partial charge in [-0.05, 0) is 62.7 Å². The van der Waals surface area contributed by atoms with Gasteiger partial charge in [0.1, 0.15) is 5.82 Å². The summed E-state index contributed by atoms with van der Waals surface area (Å²) in [6, 6.07) is 8.29. The van der Waals surface area contributed by atoms with E-state index in [4.69, 9.17) is 4.42 Å². The lowest BCUT2D eigenvalue weighted by atomic mass is 10.0. The molecule has 0 spiro atoms. The maximum atomic E-state index is 13.9. The number of carbonyl (C=O) groups excluding carboxylic acids is 1. The van der Waals surface area contributed by atoms with Gasteiger partial charge in [0.15, 0.2) is 5.76 Å². The minimum absolute atomic E-state index is 0.0426. The number of carbonyl (C=O) groups is 1. The lowest BCUT2D eigenvalue weighted by Gasteiger charge is -2.34. The minimum Gasteiger partial charge on any atom is -0.459 e. The molecule has 1 N–H and O–H groups in total. The highest BCUT2D eigenvalue weighted by atomic mass is 19.1. The van der Waals surface area contributed by atoms with Crippen LogP contribution in [-0.2, 0) is 0 Å². The quantitative estimate of drug-likeness (QED) is 0.947. The van der Waals surface area contributed by atoms with Crippen LogP contribution in [0.4, 0.5) is 10.1 Å². The van der Waals surface area contributed by atoms with E-state index in [0.29, 0.717) is 11.3 Å². The van der Waals surface area contributed by atoms with Gasteiger partial charge in [-0.15, -0.1) is 0 Å². The first-order valence-corrected chi connectivity index (χ1v) is 7.51. The molecule has 1 aromatic carbocycles. The molecule has 4 nitrogen and oxygen atoms in total. The number of anilines is 1. The highest BCUT2D eigenvalue weighted by Gasteiger charge is 2.29. The summed E-state index contributed by atoms with van der Waals surface area (Å²) < 4.78 is 19.2. The number of piperidine rings is 1. The third-order valence-electron chi connectivity index (χ3n) is 4.06. The zero-order valence-corrected chi connectivity index (χ0v) is 12.5. The summed E-state index contributed by atoms with van der Waals surface area (Å²) >= 11 is 0. The number of halogens is 1. The molecule has 22 heavy (non-hydrogen) atoms. The fraction of sp³-hybridized carbons (Fsp3) is 0.353. The minimum atomic E-state index is -0.302. The number of furan rings is 1. The van der Waals surface area contributed by atoms with Crippen LogP contribution in [0.2, 0.25) is 0 Å². The lowest BCUT2D eigenvalue weighted by molar-refractivity contribution is 0.0944. The molecule has 0 aliphatic carbocycles. The van der Waals surface area contributed by atoms with Gasteiger partial charge in [-0.3, -0.25) is 4.79 Å². The summed E-state index contributed by atoms with van der Waals surface area (Å²) in [4.78, 5) is 14.5. The smallest absolute Gasteiger partial charge is 0.294 e. The number of nitrogens with one attached hydrogen (secondary N) is 1.